The summed E-state index contributed by atoms with van der Waals surface area (Å²) < 4.78 is 0. The Kier molecular flexibility index (Phi) is 4.73. The van der Waals surface area contributed by atoms with Gasteiger partial charge >= 0.3 is 12.0 Å². The average Bonchev–Trinajstić information content (AvgIpc) is 2.54. The number of carboxylic acid groups (broad SMARTS) is 1. The number of nitrogens with one attached hydrogen (secondary N) is 2. The number of carboxylic acids is 1. The molecule has 3 N–H and O–H groups in total. The molecule has 0 radical (unpaired) electrons. The van der Waals surface area contributed by atoms with E-state index in [1.807, 2.05) is 6.07 Å². The summed E-state index contributed by atoms with van der Waals surface area (Å²) >= 11 is 0. The number of urea groups is 1. The maximum atomic E-state index is 11.9. The molecule has 0 bridgehead atoms. The topological polar surface area (TPSA) is 102 Å². The number of hydrogen-bond acceptors (Lipinski definition) is 3. The predicted molar refractivity (Wildman–Crippen MR) is 80.1 cm³/mol. The molecule has 0 saturated heterocycles. The number of carbonyl (C=O) groups excluding carboxylic acids is 1. The Labute approximate surface area is 127 Å². The number of nitrogens with zero attached hydrogens (tertiary/aromatic N) is 1. The van der Waals surface area contributed by atoms with Crippen LogP contribution in [-0.2, 0) is 4.79 Å². The van der Waals surface area contributed by atoms with Gasteiger partial charge in [0.2, 0.25) is 0 Å². The van der Waals surface area contributed by atoms with Gasteiger partial charge in [0.15, 0.2) is 6.04 Å². The van der Waals surface area contributed by atoms with Gasteiger partial charge in [0.25, 0.3) is 0 Å². The normalized spacial score (nSPS) is 11.0. The molecule has 1 atom stereocenters. The highest BCUT2D eigenvalue weighted by Crippen LogP contribution is 2.14. The second-order valence-corrected chi connectivity index (χ2v) is 4.47. The van der Waals surface area contributed by atoms with Gasteiger partial charge in [-0.05, 0) is 29.8 Å². The van der Waals surface area contributed by atoms with Gasteiger partial charge in [-0.15, -0.1) is 0 Å². The maximum absolute atomic E-state index is 11.9. The number of nitriles is 1. The van der Waals surface area contributed by atoms with E-state index >= 15 is 0 Å². The Hall–Kier alpha value is -3.33. The van der Waals surface area contributed by atoms with Gasteiger partial charge in [-0.2, -0.15) is 5.26 Å². The molecule has 110 valence electrons. The van der Waals surface area contributed by atoms with Gasteiger partial charge in [-0.3, -0.25) is 0 Å². The van der Waals surface area contributed by atoms with E-state index in [0.29, 0.717) is 16.8 Å². The van der Waals surface area contributed by atoms with E-state index in [9.17, 15) is 14.7 Å². The van der Waals surface area contributed by atoms with Crippen LogP contribution < -0.4 is 10.6 Å². The predicted octanol–water partition coefficient (Wildman–Crippen LogP) is 2.51. The molecule has 1 unspecified atom stereocenters. The van der Waals surface area contributed by atoms with Crippen LogP contribution in [0.3, 0.4) is 0 Å². The van der Waals surface area contributed by atoms with Crippen LogP contribution in [0, 0.1) is 11.3 Å². The average molecular weight is 295 g/mol. The zero-order valence-electron chi connectivity index (χ0n) is 11.5. The van der Waals surface area contributed by atoms with E-state index in [-0.39, 0.29) is 0 Å². The molecule has 2 rings (SSSR count). The highest BCUT2D eigenvalue weighted by molar-refractivity contribution is 5.92. The highest BCUT2D eigenvalue weighted by atomic mass is 16.4. The number of anilines is 1. The third kappa shape index (κ3) is 3.84. The molecule has 2 aromatic carbocycles. The standard InChI is InChI=1S/C16H13N3O3/c17-10-11-6-8-13(9-7-11)18-16(22)19-14(15(20)21)12-4-2-1-3-5-12/h1-9,14H,(H,20,21)(H2,18,19,22). The molecule has 2 aromatic rings. The number of carbonyl (C=O) groups is 2. The molecule has 0 fully saturated rings. The molecular weight excluding hydrogens is 282 g/mol. The number of rotatable bonds is 4. The second kappa shape index (κ2) is 6.90. The molecule has 2 amide bonds. The maximum Gasteiger partial charge on any atom is 0.330 e. The van der Waals surface area contributed by atoms with Crippen molar-refractivity contribution in [1.82, 2.24) is 5.32 Å². The molecule has 0 aliphatic rings. The lowest BCUT2D eigenvalue weighted by atomic mass is 10.1. The number of amides is 2. The van der Waals surface area contributed by atoms with Crippen LogP contribution in [0.5, 0.6) is 0 Å². The van der Waals surface area contributed by atoms with E-state index in [0.717, 1.165) is 0 Å². The van der Waals surface area contributed by atoms with Crippen LogP contribution >= 0.6 is 0 Å². The van der Waals surface area contributed by atoms with Gasteiger partial charge in [0.1, 0.15) is 0 Å². The molecule has 0 heterocycles. The lowest BCUT2D eigenvalue weighted by Gasteiger charge is -2.15. The minimum Gasteiger partial charge on any atom is -0.479 e. The van der Waals surface area contributed by atoms with Crippen molar-refractivity contribution in [3.8, 4) is 6.07 Å². The highest BCUT2D eigenvalue weighted by Gasteiger charge is 2.21. The fourth-order valence-electron chi connectivity index (χ4n) is 1.86. The molecular formula is C16H13N3O3. The minimum absolute atomic E-state index is 0.466. The molecule has 0 saturated carbocycles. The van der Waals surface area contributed by atoms with Crippen molar-refractivity contribution < 1.29 is 14.7 Å². The first kappa shape index (κ1) is 15.1. The number of hydrogen-bond donors (Lipinski definition) is 3. The van der Waals surface area contributed by atoms with E-state index in [1.165, 1.54) is 0 Å². The first-order chi connectivity index (χ1) is 10.6. The largest absolute Gasteiger partial charge is 0.479 e. The summed E-state index contributed by atoms with van der Waals surface area (Å²) in [6.07, 6.45) is 0. The Morgan fingerprint density at radius 3 is 2.23 bits per heavy atom. The second-order valence-electron chi connectivity index (χ2n) is 4.47. The van der Waals surface area contributed by atoms with Gasteiger partial charge in [-0.25, -0.2) is 9.59 Å². The van der Waals surface area contributed by atoms with Crippen molar-refractivity contribution in [1.29, 1.82) is 5.26 Å². The monoisotopic (exact) mass is 295 g/mol. The Morgan fingerprint density at radius 1 is 1.05 bits per heavy atom. The van der Waals surface area contributed by atoms with Gasteiger partial charge in [0.05, 0.1) is 11.6 Å². The van der Waals surface area contributed by atoms with Gasteiger partial charge < -0.3 is 15.7 Å². The lowest BCUT2D eigenvalue weighted by molar-refractivity contribution is -0.139. The summed E-state index contributed by atoms with van der Waals surface area (Å²) in [7, 11) is 0. The van der Waals surface area contributed by atoms with Crippen molar-refractivity contribution in [2.45, 2.75) is 6.04 Å². The van der Waals surface area contributed by atoms with Crippen LogP contribution in [0.2, 0.25) is 0 Å². The Bertz CT molecular complexity index is 706. The molecule has 0 aliphatic heterocycles. The van der Waals surface area contributed by atoms with E-state index < -0.39 is 18.0 Å². The van der Waals surface area contributed by atoms with Crippen molar-refractivity contribution in [2.75, 3.05) is 5.32 Å². The van der Waals surface area contributed by atoms with Crippen LogP contribution in [0.15, 0.2) is 54.6 Å². The lowest BCUT2D eigenvalue weighted by Crippen LogP contribution is -2.36. The fraction of sp³-hybridized carbons (Fsp3) is 0.0625. The van der Waals surface area contributed by atoms with E-state index in [2.05, 4.69) is 10.6 Å². The molecule has 0 aliphatic carbocycles. The molecule has 22 heavy (non-hydrogen) atoms. The van der Waals surface area contributed by atoms with Crippen molar-refractivity contribution >= 4 is 17.7 Å². The molecule has 6 nitrogen and oxygen atoms in total. The van der Waals surface area contributed by atoms with Crippen molar-refractivity contribution in [3.05, 3.63) is 65.7 Å². The summed E-state index contributed by atoms with van der Waals surface area (Å²) in [5.41, 5.74) is 1.41. The first-order valence-electron chi connectivity index (χ1n) is 6.45. The van der Waals surface area contributed by atoms with Crippen LogP contribution in [0.4, 0.5) is 10.5 Å². The summed E-state index contributed by atoms with van der Waals surface area (Å²) in [5.74, 6) is -1.15. The quantitative estimate of drug-likeness (QED) is 0.806. The summed E-state index contributed by atoms with van der Waals surface area (Å²) in [4.78, 5) is 23.2. The summed E-state index contributed by atoms with van der Waals surface area (Å²) in [6.45, 7) is 0. The number of aliphatic carboxylic acids is 1. The third-order valence-corrected chi connectivity index (χ3v) is 2.93. The molecule has 0 aromatic heterocycles. The van der Waals surface area contributed by atoms with Crippen molar-refractivity contribution in [3.63, 3.8) is 0 Å². The van der Waals surface area contributed by atoms with Crippen LogP contribution in [0.1, 0.15) is 17.2 Å². The molecule has 6 heteroatoms. The Balaban J connectivity index is 2.05. The third-order valence-electron chi connectivity index (χ3n) is 2.93. The van der Waals surface area contributed by atoms with Gasteiger partial charge in [0, 0.05) is 5.69 Å². The van der Waals surface area contributed by atoms with Crippen molar-refractivity contribution in [2.24, 2.45) is 0 Å². The van der Waals surface area contributed by atoms with E-state index in [1.54, 1.807) is 54.6 Å². The smallest absolute Gasteiger partial charge is 0.330 e. The van der Waals surface area contributed by atoms with Crippen LogP contribution in [-0.4, -0.2) is 17.1 Å². The van der Waals surface area contributed by atoms with E-state index in [4.69, 9.17) is 5.26 Å². The fourth-order valence-corrected chi connectivity index (χ4v) is 1.86. The minimum atomic E-state index is -1.15. The first-order valence-corrected chi connectivity index (χ1v) is 6.45. The summed E-state index contributed by atoms with van der Waals surface area (Å²) in [6, 6.07) is 14.9. The SMILES string of the molecule is N#Cc1ccc(NC(=O)NC(C(=O)O)c2ccccc2)cc1. The zero-order chi connectivity index (χ0) is 15.9. The van der Waals surface area contributed by atoms with Crippen LogP contribution in [0.25, 0.3) is 0 Å². The molecule has 0 spiro atoms. The number of benzene rings is 2. The van der Waals surface area contributed by atoms with Gasteiger partial charge in [-0.1, -0.05) is 30.3 Å². The Morgan fingerprint density at radius 2 is 1.68 bits per heavy atom. The summed E-state index contributed by atoms with van der Waals surface area (Å²) in [5, 5.41) is 22.9. The zero-order valence-corrected chi connectivity index (χ0v) is 11.5.